The number of aromatic nitrogens is 1. The average molecular weight is 362 g/mol. The van der Waals surface area contributed by atoms with Crippen LogP contribution in [0.4, 0.5) is 0 Å². The third-order valence-corrected chi connectivity index (χ3v) is 5.03. The first-order valence-electron chi connectivity index (χ1n) is 9.56. The summed E-state index contributed by atoms with van der Waals surface area (Å²) in [5.74, 6) is -0.135. The zero-order valence-corrected chi connectivity index (χ0v) is 16.2. The number of amides is 1. The van der Waals surface area contributed by atoms with Gasteiger partial charge in [0.2, 0.25) is 0 Å². The maximum absolute atomic E-state index is 13.3. The molecular weight excluding hydrogens is 336 g/mol. The summed E-state index contributed by atoms with van der Waals surface area (Å²) < 4.78 is 1.72. The zero-order chi connectivity index (χ0) is 19.4. The Morgan fingerprint density at radius 3 is 2.26 bits per heavy atom. The number of fused-ring (bicyclic) bond motifs is 1. The minimum atomic E-state index is -0.135. The van der Waals surface area contributed by atoms with E-state index in [4.69, 9.17) is 0 Å². The van der Waals surface area contributed by atoms with E-state index in [1.54, 1.807) is 10.6 Å². The molecule has 3 rings (SSSR count). The molecule has 3 aromatic rings. The number of carbonyl (C=O) groups excluding carboxylic acids is 1. The number of hydrogen-bond donors (Lipinski definition) is 1. The van der Waals surface area contributed by atoms with Gasteiger partial charge in [-0.15, -0.1) is 0 Å². The van der Waals surface area contributed by atoms with Crippen molar-refractivity contribution in [3.63, 3.8) is 0 Å². The first kappa shape index (κ1) is 18.9. The van der Waals surface area contributed by atoms with Gasteiger partial charge in [0.1, 0.15) is 0 Å². The predicted octanol–water partition coefficient (Wildman–Crippen LogP) is 4.60. The molecule has 0 aliphatic rings. The third-order valence-electron chi connectivity index (χ3n) is 5.03. The third kappa shape index (κ3) is 3.65. The average Bonchev–Trinajstić information content (AvgIpc) is 2.70. The lowest BCUT2D eigenvalue weighted by atomic mass is 10.0. The summed E-state index contributed by atoms with van der Waals surface area (Å²) in [5, 5.41) is 4.47. The van der Waals surface area contributed by atoms with Gasteiger partial charge in [0.05, 0.1) is 11.6 Å². The van der Waals surface area contributed by atoms with E-state index >= 15 is 0 Å². The fraction of sp³-hybridized carbons (Fsp3) is 0.304. The molecule has 0 aliphatic carbocycles. The summed E-state index contributed by atoms with van der Waals surface area (Å²) >= 11 is 0. The summed E-state index contributed by atoms with van der Waals surface area (Å²) in [6.07, 6.45) is 1.63. The Labute approximate surface area is 159 Å². The van der Waals surface area contributed by atoms with Crippen LogP contribution in [-0.4, -0.2) is 10.5 Å². The zero-order valence-electron chi connectivity index (χ0n) is 16.2. The van der Waals surface area contributed by atoms with Gasteiger partial charge in [0, 0.05) is 23.0 Å². The molecule has 27 heavy (non-hydrogen) atoms. The van der Waals surface area contributed by atoms with Crippen LogP contribution >= 0.6 is 0 Å². The predicted molar refractivity (Wildman–Crippen MR) is 110 cm³/mol. The lowest BCUT2D eigenvalue weighted by Crippen LogP contribution is -2.32. The van der Waals surface area contributed by atoms with E-state index in [2.05, 4.69) is 12.2 Å². The Hall–Kier alpha value is -2.88. The number of nitrogens with zero attached hydrogens (tertiary/aromatic N) is 1. The van der Waals surface area contributed by atoms with E-state index in [0.29, 0.717) is 22.9 Å². The van der Waals surface area contributed by atoms with E-state index < -0.39 is 0 Å². The molecule has 0 spiro atoms. The second kappa shape index (κ2) is 8.21. The SMILES string of the molecule is CCCn1c(C)c(C(=O)NC(CC)c2ccccc2)c2ccccc2c1=O. The summed E-state index contributed by atoms with van der Waals surface area (Å²) in [4.78, 5) is 26.1. The monoisotopic (exact) mass is 362 g/mol. The van der Waals surface area contributed by atoms with Crippen LogP contribution in [0.15, 0.2) is 59.4 Å². The molecule has 4 heteroatoms. The van der Waals surface area contributed by atoms with Crippen molar-refractivity contribution < 1.29 is 4.79 Å². The molecule has 0 saturated carbocycles. The van der Waals surface area contributed by atoms with Crippen LogP contribution in [0, 0.1) is 6.92 Å². The molecule has 0 saturated heterocycles. The fourth-order valence-corrected chi connectivity index (χ4v) is 3.63. The summed E-state index contributed by atoms with van der Waals surface area (Å²) in [6, 6.07) is 17.3. The minimum Gasteiger partial charge on any atom is -0.345 e. The van der Waals surface area contributed by atoms with Gasteiger partial charge in [-0.25, -0.2) is 0 Å². The second-order valence-electron chi connectivity index (χ2n) is 6.81. The lowest BCUT2D eigenvalue weighted by Gasteiger charge is -2.21. The van der Waals surface area contributed by atoms with Crippen molar-refractivity contribution >= 4 is 16.7 Å². The Bertz CT molecular complexity index is 1010. The molecule has 1 heterocycles. The number of rotatable bonds is 6. The lowest BCUT2D eigenvalue weighted by molar-refractivity contribution is 0.0935. The molecule has 0 bridgehead atoms. The first-order valence-corrected chi connectivity index (χ1v) is 9.56. The second-order valence-corrected chi connectivity index (χ2v) is 6.81. The molecule has 1 aromatic heterocycles. The highest BCUT2D eigenvalue weighted by molar-refractivity contribution is 6.07. The highest BCUT2D eigenvalue weighted by atomic mass is 16.2. The quantitative estimate of drug-likeness (QED) is 0.697. The van der Waals surface area contributed by atoms with Crippen molar-refractivity contribution in [2.75, 3.05) is 0 Å². The van der Waals surface area contributed by atoms with Crippen LogP contribution in [0.3, 0.4) is 0 Å². The fourth-order valence-electron chi connectivity index (χ4n) is 3.63. The van der Waals surface area contributed by atoms with Gasteiger partial charge in [-0.3, -0.25) is 9.59 Å². The van der Waals surface area contributed by atoms with Gasteiger partial charge < -0.3 is 9.88 Å². The van der Waals surface area contributed by atoms with Crippen molar-refractivity contribution in [3.8, 4) is 0 Å². The molecule has 1 N–H and O–H groups in total. The standard InChI is InChI=1S/C23H26N2O2/c1-4-15-25-16(3)21(18-13-9-10-14-19(18)23(25)27)22(26)24-20(5-2)17-11-7-6-8-12-17/h6-14,20H,4-5,15H2,1-3H3,(H,24,26). The van der Waals surface area contributed by atoms with Crippen molar-refractivity contribution in [2.45, 2.75) is 46.2 Å². The number of benzene rings is 2. The van der Waals surface area contributed by atoms with Gasteiger partial charge in [-0.1, -0.05) is 62.4 Å². The molecule has 0 aliphatic heterocycles. The van der Waals surface area contributed by atoms with E-state index in [9.17, 15) is 9.59 Å². The molecule has 4 nitrogen and oxygen atoms in total. The largest absolute Gasteiger partial charge is 0.345 e. The number of pyridine rings is 1. The van der Waals surface area contributed by atoms with Crippen LogP contribution in [0.5, 0.6) is 0 Å². The summed E-state index contributed by atoms with van der Waals surface area (Å²) in [5.41, 5.74) is 2.36. The normalized spacial score (nSPS) is 12.1. The van der Waals surface area contributed by atoms with E-state index in [0.717, 1.165) is 24.1 Å². The molecule has 0 radical (unpaired) electrons. The smallest absolute Gasteiger partial charge is 0.258 e. The molecular formula is C23H26N2O2. The van der Waals surface area contributed by atoms with Gasteiger partial charge in [-0.05, 0) is 31.4 Å². The van der Waals surface area contributed by atoms with Crippen LogP contribution in [-0.2, 0) is 6.54 Å². The Balaban J connectivity index is 2.10. The van der Waals surface area contributed by atoms with Crippen molar-refractivity contribution in [3.05, 3.63) is 81.8 Å². The van der Waals surface area contributed by atoms with Crippen LogP contribution in [0.25, 0.3) is 10.8 Å². The van der Waals surface area contributed by atoms with Crippen molar-refractivity contribution in [1.29, 1.82) is 0 Å². The van der Waals surface area contributed by atoms with Gasteiger partial charge in [0.25, 0.3) is 11.5 Å². The maximum Gasteiger partial charge on any atom is 0.258 e. The van der Waals surface area contributed by atoms with E-state index in [-0.39, 0.29) is 17.5 Å². The first-order chi connectivity index (χ1) is 13.1. The van der Waals surface area contributed by atoms with Crippen LogP contribution < -0.4 is 10.9 Å². The van der Waals surface area contributed by atoms with E-state index in [1.165, 1.54) is 0 Å². The highest BCUT2D eigenvalue weighted by Gasteiger charge is 2.21. The summed E-state index contributed by atoms with van der Waals surface area (Å²) in [7, 11) is 0. The summed E-state index contributed by atoms with van der Waals surface area (Å²) in [6.45, 7) is 6.55. The van der Waals surface area contributed by atoms with Gasteiger partial charge >= 0.3 is 0 Å². The van der Waals surface area contributed by atoms with E-state index in [1.807, 2.05) is 62.4 Å². The molecule has 140 valence electrons. The van der Waals surface area contributed by atoms with Gasteiger partial charge in [0.15, 0.2) is 0 Å². The Morgan fingerprint density at radius 1 is 1.00 bits per heavy atom. The molecule has 1 atom stereocenters. The number of nitrogens with one attached hydrogen (secondary N) is 1. The van der Waals surface area contributed by atoms with Crippen LogP contribution in [0.1, 0.15) is 54.3 Å². The highest BCUT2D eigenvalue weighted by Crippen LogP contribution is 2.22. The number of carbonyl (C=O) groups is 1. The Morgan fingerprint density at radius 2 is 1.63 bits per heavy atom. The topological polar surface area (TPSA) is 51.1 Å². The maximum atomic E-state index is 13.3. The Kier molecular flexibility index (Phi) is 5.75. The molecule has 1 unspecified atom stereocenters. The van der Waals surface area contributed by atoms with Gasteiger partial charge in [-0.2, -0.15) is 0 Å². The van der Waals surface area contributed by atoms with Crippen molar-refractivity contribution in [1.82, 2.24) is 9.88 Å². The number of hydrogen-bond acceptors (Lipinski definition) is 2. The molecule has 2 aromatic carbocycles. The molecule has 0 fully saturated rings. The molecule has 1 amide bonds. The van der Waals surface area contributed by atoms with Crippen molar-refractivity contribution in [2.24, 2.45) is 0 Å². The minimum absolute atomic E-state index is 0.0309. The van der Waals surface area contributed by atoms with Crippen LogP contribution in [0.2, 0.25) is 0 Å².